The lowest BCUT2D eigenvalue weighted by Crippen LogP contribution is -2.11. The molecule has 0 saturated carbocycles. The van der Waals surface area contributed by atoms with E-state index in [0.29, 0.717) is 6.54 Å². The highest BCUT2D eigenvalue weighted by molar-refractivity contribution is 5.22. The van der Waals surface area contributed by atoms with Gasteiger partial charge in [-0.1, -0.05) is 6.58 Å². The first-order chi connectivity index (χ1) is 6.06. The molecule has 3 heteroatoms. The van der Waals surface area contributed by atoms with Crippen LogP contribution in [0.2, 0.25) is 0 Å². The Morgan fingerprint density at radius 2 is 2.08 bits per heavy atom. The third-order valence-electron chi connectivity index (χ3n) is 2.41. The van der Waals surface area contributed by atoms with Crippen LogP contribution in [-0.2, 0) is 6.54 Å². The van der Waals surface area contributed by atoms with E-state index in [1.165, 1.54) is 11.3 Å². The summed E-state index contributed by atoms with van der Waals surface area (Å²) in [5, 5.41) is 4.40. The number of aryl methyl sites for hydroxylation is 1. The third kappa shape index (κ3) is 1.98. The van der Waals surface area contributed by atoms with Gasteiger partial charge in [-0.05, 0) is 31.9 Å². The Bertz CT molecular complexity index is 323. The van der Waals surface area contributed by atoms with Crippen LogP contribution in [0.25, 0.3) is 0 Å². The van der Waals surface area contributed by atoms with Gasteiger partial charge >= 0.3 is 0 Å². The number of hydrogen-bond acceptors (Lipinski definition) is 2. The van der Waals surface area contributed by atoms with Crippen LogP contribution < -0.4 is 5.73 Å². The molecule has 0 atom stereocenters. The Morgan fingerprint density at radius 1 is 1.46 bits per heavy atom. The lowest BCUT2D eigenvalue weighted by Gasteiger charge is -2.05. The Hall–Kier alpha value is -1.09. The summed E-state index contributed by atoms with van der Waals surface area (Å²) in [4.78, 5) is 0. The molecule has 1 rings (SSSR count). The van der Waals surface area contributed by atoms with Crippen LogP contribution in [0.1, 0.15) is 17.0 Å². The summed E-state index contributed by atoms with van der Waals surface area (Å²) < 4.78 is 1.96. The Labute approximate surface area is 79.2 Å². The summed E-state index contributed by atoms with van der Waals surface area (Å²) in [7, 11) is 0. The molecule has 2 N–H and O–H groups in total. The van der Waals surface area contributed by atoms with Gasteiger partial charge in [0.1, 0.15) is 0 Å². The summed E-state index contributed by atoms with van der Waals surface area (Å²) in [6.07, 6.45) is 0. The lowest BCUT2D eigenvalue weighted by molar-refractivity contribution is 0.644. The molecule has 72 valence electrons. The van der Waals surface area contributed by atoms with Crippen LogP contribution in [-0.4, -0.2) is 16.3 Å². The maximum atomic E-state index is 5.47. The summed E-state index contributed by atoms with van der Waals surface area (Å²) in [6, 6.07) is 0. The van der Waals surface area contributed by atoms with Crippen molar-refractivity contribution in [2.75, 3.05) is 6.54 Å². The van der Waals surface area contributed by atoms with Crippen molar-refractivity contribution in [2.24, 2.45) is 5.73 Å². The molecule has 0 unspecified atom stereocenters. The zero-order chi connectivity index (χ0) is 10.0. The van der Waals surface area contributed by atoms with Gasteiger partial charge in [0.2, 0.25) is 0 Å². The smallest absolute Gasteiger partial charge is 0.0632 e. The van der Waals surface area contributed by atoms with Gasteiger partial charge in [0.15, 0.2) is 0 Å². The molecule has 0 aliphatic carbocycles. The molecule has 0 radical (unpaired) electrons. The molecule has 0 bridgehead atoms. The van der Waals surface area contributed by atoms with Crippen LogP contribution in [0, 0.1) is 20.8 Å². The topological polar surface area (TPSA) is 43.8 Å². The second kappa shape index (κ2) is 3.75. The second-order valence-corrected chi connectivity index (χ2v) is 3.41. The molecule has 3 nitrogen and oxygen atoms in total. The quantitative estimate of drug-likeness (QED) is 0.711. The van der Waals surface area contributed by atoms with E-state index < -0.39 is 0 Å². The van der Waals surface area contributed by atoms with Crippen LogP contribution in [0.3, 0.4) is 0 Å². The monoisotopic (exact) mass is 179 g/mol. The molecule has 0 aliphatic heterocycles. The number of nitrogens with two attached hydrogens (primary N) is 1. The highest BCUT2D eigenvalue weighted by Gasteiger charge is 2.06. The molecule has 1 aromatic heterocycles. The number of rotatable bonds is 3. The van der Waals surface area contributed by atoms with E-state index in [9.17, 15) is 0 Å². The lowest BCUT2D eigenvalue weighted by atomic mass is 10.2. The first kappa shape index (κ1) is 9.99. The van der Waals surface area contributed by atoms with E-state index in [4.69, 9.17) is 5.73 Å². The zero-order valence-electron chi connectivity index (χ0n) is 8.59. The van der Waals surface area contributed by atoms with Crippen molar-refractivity contribution in [3.05, 3.63) is 29.1 Å². The summed E-state index contributed by atoms with van der Waals surface area (Å²) >= 11 is 0. The van der Waals surface area contributed by atoms with Gasteiger partial charge in [-0.3, -0.25) is 4.68 Å². The van der Waals surface area contributed by atoms with E-state index in [1.54, 1.807) is 0 Å². The van der Waals surface area contributed by atoms with E-state index in [1.807, 2.05) is 11.6 Å². The maximum Gasteiger partial charge on any atom is 0.0632 e. The fourth-order valence-corrected chi connectivity index (χ4v) is 1.22. The van der Waals surface area contributed by atoms with Crippen molar-refractivity contribution >= 4 is 0 Å². The normalized spacial score (nSPS) is 10.5. The minimum atomic E-state index is 0.525. The average Bonchev–Trinajstić information content (AvgIpc) is 2.34. The first-order valence-electron chi connectivity index (χ1n) is 4.43. The van der Waals surface area contributed by atoms with E-state index in [-0.39, 0.29) is 0 Å². The fraction of sp³-hybridized carbons (Fsp3) is 0.500. The summed E-state index contributed by atoms with van der Waals surface area (Å²) in [5.74, 6) is 0. The Morgan fingerprint density at radius 3 is 2.46 bits per heavy atom. The molecule has 0 aliphatic rings. The van der Waals surface area contributed by atoms with Crippen molar-refractivity contribution in [2.45, 2.75) is 27.3 Å². The number of aromatic nitrogens is 2. The molecule has 0 aromatic carbocycles. The van der Waals surface area contributed by atoms with Gasteiger partial charge in [-0.25, -0.2) is 0 Å². The predicted octanol–water partition coefficient (Wildman–Crippen LogP) is 1.32. The highest BCUT2D eigenvalue weighted by atomic mass is 15.3. The molecule has 0 amide bonds. The average molecular weight is 179 g/mol. The minimum absolute atomic E-state index is 0.525. The summed E-state index contributed by atoms with van der Waals surface area (Å²) in [6.45, 7) is 11.3. The zero-order valence-corrected chi connectivity index (χ0v) is 8.59. The molecular formula is C10H17N3. The Balaban J connectivity index is 2.90. The first-order valence-corrected chi connectivity index (χ1v) is 4.43. The molecule has 1 aromatic rings. The largest absolute Gasteiger partial charge is 0.327 e. The van der Waals surface area contributed by atoms with Crippen LogP contribution in [0.4, 0.5) is 0 Å². The highest BCUT2D eigenvalue weighted by Crippen LogP contribution is 2.11. The molecular weight excluding hydrogens is 162 g/mol. The number of nitrogens with zero attached hydrogens (tertiary/aromatic N) is 2. The van der Waals surface area contributed by atoms with Gasteiger partial charge in [0.05, 0.1) is 12.2 Å². The van der Waals surface area contributed by atoms with Crippen molar-refractivity contribution in [3.63, 3.8) is 0 Å². The summed E-state index contributed by atoms with van der Waals surface area (Å²) in [5.41, 5.74) is 10.0. The van der Waals surface area contributed by atoms with Gasteiger partial charge < -0.3 is 5.73 Å². The Kier molecular flexibility index (Phi) is 2.88. The maximum absolute atomic E-state index is 5.47. The van der Waals surface area contributed by atoms with Crippen molar-refractivity contribution in [1.82, 2.24) is 9.78 Å². The molecule has 0 fully saturated rings. The van der Waals surface area contributed by atoms with Crippen molar-refractivity contribution in [3.8, 4) is 0 Å². The van der Waals surface area contributed by atoms with Crippen LogP contribution >= 0.6 is 0 Å². The van der Waals surface area contributed by atoms with E-state index in [2.05, 4.69) is 25.5 Å². The van der Waals surface area contributed by atoms with Crippen molar-refractivity contribution in [1.29, 1.82) is 0 Å². The molecule has 1 heterocycles. The van der Waals surface area contributed by atoms with Gasteiger partial charge in [0.25, 0.3) is 0 Å². The molecule has 0 spiro atoms. The minimum Gasteiger partial charge on any atom is -0.327 e. The third-order valence-corrected chi connectivity index (χ3v) is 2.41. The van der Waals surface area contributed by atoms with Crippen LogP contribution in [0.5, 0.6) is 0 Å². The second-order valence-electron chi connectivity index (χ2n) is 3.41. The molecule has 0 saturated heterocycles. The SMILES string of the molecule is C=C(CN)Cn1nc(C)c(C)c1C. The van der Waals surface area contributed by atoms with Gasteiger partial charge in [0, 0.05) is 12.2 Å². The van der Waals surface area contributed by atoms with Crippen molar-refractivity contribution < 1.29 is 0 Å². The van der Waals surface area contributed by atoms with Crippen LogP contribution in [0.15, 0.2) is 12.2 Å². The van der Waals surface area contributed by atoms with Gasteiger partial charge in [-0.2, -0.15) is 5.10 Å². The van der Waals surface area contributed by atoms with Gasteiger partial charge in [-0.15, -0.1) is 0 Å². The standard InChI is InChI=1S/C10H17N3/c1-7(5-11)6-13-10(4)8(2)9(3)12-13/h1,5-6,11H2,2-4H3. The number of hydrogen-bond donors (Lipinski definition) is 1. The predicted molar refractivity (Wildman–Crippen MR) is 54.6 cm³/mol. The van der Waals surface area contributed by atoms with E-state index in [0.717, 1.165) is 17.8 Å². The van der Waals surface area contributed by atoms with E-state index >= 15 is 0 Å². The fourth-order valence-electron chi connectivity index (χ4n) is 1.22. The molecule has 13 heavy (non-hydrogen) atoms.